The van der Waals surface area contributed by atoms with Gasteiger partial charge in [-0.25, -0.2) is 33.9 Å². The summed E-state index contributed by atoms with van der Waals surface area (Å²) in [5.41, 5.74) is 26.0. The Hall–Kier alpha value is -9.77. The van der Waals surface area contributed by atoms with Crippen LogP contribution in [0.5, 0.6) is 0 Å². The number of imidazole rings is 2. The maximum absolute atomic E-state index is 12.8. The van der Waals surface area contributed by atoms with Crippen LogP contribution in [0.15, 0.2) is 72.8 Å². The lowest BCUT2D eigenvalue weighted by molar-refractivity contribution is 0.0522. The van der Waals surface area contributed by atoms with Gasteiger partial charge in [-0.2, -0.15) is 0 Å². The third kappa shape index (κ3) is 12.2. The number of nitrogens with one attached hydrogen (secondary N) is 1. The van der Waals surface area contributed by atoms with Crippen molar-refractivity contribution in [1.82, 2.24) is 19.1 Å². The molecule has 0 spiro atoms. The van der Waals surface area contributed by atoms with Crippen molar-refractivity contribution < 1.29 is 58.0 Å². The molecule has 0 atom stereocenters. The van der Waals surface area contributed by atoms with Crippen LogP contribution in [0.2, 0.25) is 0 Å². The number of carboxylic acid groups (broad SMARTS) is 2. The Morgan fingerprint density at radius 2 is 0.868 bits per heavy atom. The van der Waals surface area contributed by atoms with Gasteiger partial charge in [0.1, 0.15) is 26.3 Å². The number of anilines is 2. The smallest absolute Gasteiger partial charge is 0.349 e. The van der Waals surface area contributed by atoms with Crippen LogP contribution < -0.4 is 16.8 Å². The van der Waals surface area contributed by atoms with Crippen LogP contribution in [0.4, 0.5) is 11.4 Å². The highest BCUT2D eigenvalue weighted by atomic mass is 32.1. The third-order valence-corrected chi connectivity index (χ3v) is 19.8. The largest absolute Gasteiger partial charge is 0.478 e. The monoisotopic (exact) mass is 1290 g/mol. The van der Waals surface area contributed by atoms with Crippen molar-refractivity contribution in [2.75, 3.05) is 37.9 Å². The second-order valence-corrected chi connectivity index (χ2v) is 24.5. The molecule has 0 aliphatic rings. The molecule has 5 aromatic heterocycles. The number of thiophene rings is 3. The summed E-state index contributed by atoms with van der Waals surface area (Å²) in [4.78, 5) is 94.3. The van der Waals surface area contributed by atoms with Crippen molar-refractivity contribution in [2.45, 2.75) is 83.1 Å². The van der Waals surface area contributed by atoms with Crippen LogP contribution in [0, 0.1) is 62.3 Å². The Kier molecular flexibility index (Phi) is 20.3. The normalized spacial score (nSPS) is 11.0. The number of amides is 1. The summed E-state index contributed by atoms with van der Waals surface area (Å²) in [7, 11) is 5.61. The van der Waals surface area contributed by atoms with E-state index in [0.717, 1.165) is 103 Å². The van der Waals surface area contributed by atoms with Gasteiger partial charge in [0.15, 0.2) is 6.29 Å². The molecule has 11 aromatic rings. The predicted octanol–water partition coefficient (Wildman–Crippen LogP) is 14.7. The topological polar surface area (TPSA) is 287 Å². The minimum Gasteiger partial charge on any atom is -0.478 e. The van der Waals surface area contributed by atoms with Gasteiger partial charge in [0.25, 0.3) is 0 Å². The van der Waals surface area contributed by atoms with Gasteiger partial charge in [-0.1, -0.05) is 54.6 Å². The number of aromatic carboxylic acids is 2. The van der Waals surface area contributed by atoms with Crippen LogP contribution in [-0.4, -0.2) is 98.2 Å². The van der Waals surface area contributed by atoms with E-state index in [1.807, 2.05) is 138 Å². The molecule has 0 radical (unpaired) electrons. The number of carbonyl (C=O) groups excluding carboxylic acids is 5. The van der Waals surface area contributed by atoms with Crippen LogP contribution in [-0.2, 0) is 28.3 Å². The van der Waals surface area contributed by atoms with E-state index in [-0.39, 0.29) is 24.1 Å². The van der Waals surface area contributed by atoms with Crippen molar-refractivity contribution in [3.8, 4) is 22.8 Å². The fourth-order valence-electron chi connectivity index (χ4n) is 11.6. The number of carbonyl (C=O) groups is 7. The quantitative estimate of drug-likeness (QED) is 0.0310. The number of carboxylic acids is 2. The van der Waals surface area contributed by atoms with E-state index < -0.39 is 23.8 Å². The van der Waals surface area contributed by atoms with Gasteiger partial charge in [0.05, 0.1) is 75.5 Å². The number of rotatable bonds is 13. The van der Waals surface area contributed by atoms with Crippen molar-refractivity contribution >= 4 is 140 Å². The zero-order valence-corrected chi connectivity index (χ0v) is 55.7. The lowest BCUT2D eigenvalue weighted by Gasteiger charge is -2.17. The maximum Gasteiger partial charge on any atom is 0.349 e. The van der Waals surface area contributed by atoms with E-state index >= 15 is 0 Å². The summed E-state index contributed by atoms with van der Waals surface area (Å²) in [5, 5.41) is 24.5. The minimum atomic E-state index is -0.963. The van der Waals surface area contributed by atoms with Crippen molar-refractivity contribution in [2.24, 2.45) is 19.8 Å². The van der Waals surface area contributed by atoms with E-state index in [0.29, 0.717) is 84.8 Å². The van der Waals surface area contributed by atoms with Crippen LogP contribution >= 0.6 is 34.0 Å². The minimum absolute atomic E-state index is 0.283. The number of nitrogen functional groups attached to an aromatic ring is 1. The number of nitrogens with zero attached hydrogens (tertiary/aromatic N) is 4. The first-order valence-electron chi connectivity index (χ1n) is 29.0. The first-order chi connectivity index (χ1) is 43.2. The zero-order chi connectivity index (χ0) is 66.8. The first kappa shape index (κ1) is 67.2. The fourth-order valence-corrected chi connectivity index (χ4v) is 14.9. The average Bonchev–Trinajstić information content (AvgIpc) is 1.66. The summed E-state index contributed by atoms with van der Waals surface area (Å²) >= 11 is 4.08. The van der Waals surface area contributed by atoms with Crippen LogP contribution in [0.25, 0.3) is 75.1 Å². The van der Waals surface area contributed by atoms with Gasteiger partial charge in [-0.3, -0.25) is 9.59 Å². The maximum atomic E-state index is 12.8. The molecule has 0 aliphatic carbocycles. The molecular weight excluding hydrogens is 1210 g/mol. The van der Waals surface area contributed by atoms with E-state index in [4.69, 9.17) is 40.8 Å². The molecule has 22 heteroatoms. The molecule has 11 rings (SSSR count). The van der Waals surface area contributed by atoms with Gasteiger partial charge < -0.3 is 50.3 Å². The Balaban J connectivity index is 0.000000164. The van der Waals surface area contributed by atoms with Gasteiger partial charge in [-0.15, -0.1) is 34.0 Å². The van der Waals surface area contributed by atoms with Crippen molar-refractivity contribution in [3.63, 3.8) is 0 Å². The molecule has 91 heavy (non-hydrogen) atoms. The molecule has 5 heterocycles. The molecule has 0 saturated heterocycles. The summed E-state index contributed by atoms with van der Waals surface area (Å²) in [6.07, 6.45) is 0.713. The van der Waals surface area contributed by atoms with E-state index in [9.17, 15) is 38.7 Å². The fraction of sp³-hybridized carbons (Fsp3) is 0.261. The van der Waals surface area contributed by atoms with Crippen molar-refractivity contribution in [1.29, 1.82) is 0 Å². The number of nitrogens with two attached hydrogens (primary N) is 2. The molecule has 7 N–H and O–H groups in total. The number of benzene rings is 6. The van der Waals surface area contributed by atoms with E-state index in [2.05, 4.69) is 5.32 Å². The van der Waals surface area contributed by atoms with Crippen molar-refractivity contribution in [3.05, 3.63) is 160 Å². The molecule has 472 valence electrons. The Morgan fingerprint density at radius 3 is 1.26 bits per heavy atom. The number of hydrogen-bond donors (Lipinski definition) is 5. The SMILES string of the molecule is CCOC(=O)c1sc2ccccc2c1-c1nc2c(C)c(C(=O)O)c(C)c(C)c2n1C.CCOC(=O)c1sc2ccccc2c1-c1nc2c(C)c(C(N)=O)c(C)c(C)c2n1C.CCOC(=O)c1sc2ccccc2c1C=O.CNc1c(C)c(C)c(C(=O)O)c(C)c1N. The molecule has 0 fully saturated rings. The summed E-state index contributed by atoms with van der Waals surface area (Å²) in [6, 6.07) is 23.1. The van der Waals surface area contributed by atoms with Crippen LogP contribution in [0.3, 0.4) is 0 Å². The number of aldehydes is 1. The van der Waals surface area contributed by atoms with Gasteiger partial charge in [0, 0.05) is 62.5 Å². The number of fused-ring (bicyclic) bond motifs is 5. The summed E-state index contributed by atoms with van der Waals surface area (Å²) in [5.74, 6) is -2.23. The number of aromatic nitrogens is 4. The number of aryl methyl sites for hydroxylation is 6. The Labute approximate surface area is 537 Å². The molecule has 0 bridgehead atoms. The summed E-state index contributed by atoms with van der Waals surface area (Å²) in [6.45, 7) is 22.8. The number of ether oxygens (including phenoxy) is 3. The second-order valence-electron chi connectivity index (χ2n) is 21.4. The highest BCUT2D eigenvalue weighted by Gasteiger charge is 2.30. The van der Waals surface area contributed by atoms with Gasteiger partial charge in [0.2, 0.25) is 5.91 Å². The lowest BCUT2D eigenvalue weighted by Crippen LogP contribution is -2.16. The number of esters is 3. The van der Waals surface area contributed by atoms with E-state index in [1.54, 1.807) is 48.6 Å². The van der Waals surface area contributed by atoms with Gasteiger partial charge >= 0.3 is 29.8 Å². The molecule has 1 amide bonds. The van der Waals surface area contributed by atoms with Gasteiger partial charge in [-0.05, 0) is 151 Å². The van der Waals surface area contributed by atoms with E-state index in [1.165, 1.54) is 34.0 Å². The number of primary amides is 1. The predicted molar refractivity (Wildman–Crippen MR) is 364 cm³/mol. The highest BCUT2D eigenvalue weighted by Crippen LogP contribution is 2.44. The standard InChI is InChI=1S/C23H23N3O3S.C23H22N2O4S.C12H10O3S.C11H16N2O2/c1-6-29-23(28)20-17(14-9-7-8-10-15(14)30-20)22-25-18-13(4)16(21(24)27)11(2)12(3)19(18)26(22)5;1-6-29-23(28)20-17(14-9-7-8-10-15(14)30-20)21-24-18-13(4)16(22(26)27)11(2)12(3)19(18)25(21)5;1-2-15-12(14)11-9(7-13)8-5-3-4-6-10(8)16-11;1-5-6(2)10(13-4)9(12)7(3)8(5)11(14)15/h7-10H,6H2,1-5H3,(H2,24,27);7-10H,6H2,1-5H3,(H,26,27);3-7H,2H2,1H3;13H,12H2,1-4H3,(H,14,15). The highest BCUT2D eigenvalue weighted by molar-refractivity contribution is 7.22. The molecule has 0 saturated carbocycles. The average molecular weight is 1290 g/mol. The third-order valence-electron chi connectivity index (χ3n) is 16.3. The Bertz CT molecular complexity index is 4550. The van der Waals surface area contributed by atoms with Crippen LogP contribution in [0.1, 0.15) is 141 Å². The molecule has 6 aromatic carbocycles. The second kappa shape index (κ2) is 27.5. The molecular formula is C69H71N7O12S3. The number of hydrogen-bond acceptors (Lipinski definition) is 17. The molecule has 19 nitrogen and oxygen atoms in total. The summed E-state index contributed by atoms with van der Waals surface area (Å²) < 4.78 is 22.4. The molecule has 0 aliphatic heterocycles. The zero-order valence-electron chi connectivity index (χ0n) is 53.3. The lowest BCUT2D eigenvalue weighted by atomic mass is 9.95. The Morgan fingerprint density at radius 1 is 0.516 bits per heavy atom. The first-order valence-corrected chi connectivity index (χ1v) is 31.5. The molecule has 0 unspecified atom stereocenters.